The molecule has 0 saturated heterocycles. The third-order valence-corrected chi connectivity index (χ3v) is 3.27. The van der Waals surface area contributed by atoms with Crippen LogP contribution in [0.5, 0.6) is 0 Å². The Bertz CT molecular complexity index is 588. The van der Waals surface area contributed by atoms with Crippen LogP contribution >= 0.6 is 0 Å². The molecule has 0 fully saturated rings. The maximum absolute atomic E-state index is 6.18. The lowest BCUT2D eigenvalue weighted by atomic mass is 10.1. The normalized spacial score (nSPS) is 15.7. The maximum Gasteiger partial charge on any atom is 0.159 e. The van der Waals surface area contributed by atoms with E-state index in [0.29, 0.717) is 5.82 Å². The summed E-state index contributed by atoms with van der Waals surface area (Å²) in [5.41, 5.74) is 9.30. The van der Waals surface area contributed by atoms with E-state index >= 15 is 0 Å². The molecule has 0 saturated carbocycles. The van der Waals surface area contributed by atoms with Crippen molar-refractivity contribution < 1.29 is 0 Å². The van der Waals surface area contributed by atoms with Crippen molar-refractivity contribution in [1.82, 2.24) is 24.6 Å². The van der Waals surface area contributed by atoms with Crippen molar-refractivity contribution in [2.24, 2.45) is 0 Å². The van der Waals surface area contributed by atoms with Crippen LogP contribution in [0.2, 0.25) is 0 Å². The number of hydrogen-bond acceptors (Lipinski definition) is 5. The van der Waals surface area contributed by atoms with Crippen LogP contribution < -0.4 is 5.73 Å². The highest BCUT2D eigenvalue weighted by molar-refractivity contribution is 5.49. The summed E-state index contributed by atoms with van der Waals surface area (Å²) in [5, 5.41) is 4.57. The number of aromatic nitrogens is 4. The third kappa shape index (κ3) is 1.74. The van der Waals surface area contributed by atoms with Crippen LogP contribution in [0.25, 0.3) is 5.82 Å². The molecule has 0 bridgehead atoms. The molecule has 1 aliphatic rings. The summed E-state index contributed by atoms with van der Waals surface area (Å²) >= 11 is 0. The second kappa shape index (κ2) is 4.06. The first-order valence-electron chi connectivity index (χ1n) is 5.99. The van der Waals surface area contributed by atoms with Gasteiger partial charge < -0.3 is 10.6 Å². The molecule has 0 aromatic carbocycles. The van der Waals surface area contributed by atoms with Crippen molar-refractivity contribution >= 4 is 5.82 Å². The fraction of sp³-hybridized carbons (Fsp3) is 0.417. The summed E-state index contributed by atoms with van der Waals surface area (Å²) < 4.78 is 1.72. The van der Waals surface area contributed by atoms with E-state index in [9.17, 15) is 0 Å². The second-order valence-electron chi connectivity index (χ2n) is 4.73. The Morgan fingerprint density at radius 3 is 2.94 bits per heavy atom. The lowest BCUT2D eigenvalue weighted by molar-refractivity contribution is 0.312. The van der Waals surface area contributed by atoms with Crippen LogP contribution in [0.3, 0.4) is 0 Å². The van der Waals surface area contributed by atoms with Gasteiger partial charge in [-0.3, -0.25) is 0 Å². The van der Waals surface area contributed by atoms with E-state index in [4.69, 9.17) is 5.73 Å². The van der Waals surface area contributed by atoms with Gasteiger partial charge in [-0.2, -0.15) is 9.78 Å². The van der Waals surface area contributed by atoms with Crippen molar-refractivity contribution in [1.29, 1.82) is 0 Å². The first-order valence-corrected chi connectivity index (χ1v) is 5.99. The molecule has 18 heavy (non-hydrogen) atoms. The Morgan fingerprint density at radius 2 is 2.17 bits per heavy atom. The highest BCUT2D eigenvalue weighted by Crippen LogP contribution is 2.25. The van der Waals surface area contributed by atoms with E-state index < -0.39 is 0 Å². The third-order valence-electron chi connectivity index (χ3n) is 3.27. The first kappa shape index (κ1) is 11.2. The number of nitrogens with zero attached hydrogens (tertiary/aromatic N) is 5. The van der Waals surface area contributed by atoms with Crippen molar-refractivity contribution in [3.8, 4) is 5.82 Å². The number of rotatable bonds is 1. The van der Waals surface area contributed by atoms with Gasteiger partial charge in [-0.15, -0.1) is 0 Å². The van der Waals surface area contributed by atoms with Gasteiger partial charge in [0, 0.05) is 36.8 Å². The van der Waals surface area contributed by atoms with E-state index in [1.807, 2.05) is 13.0 Å². The van der Waals surface area contributed by atoms with Gasteiger partial charge in [-0.05, 0) is 14.0 Å². The van der Waals surface area contributed by atoms with Gasteiger partial charge in [0.2, 0.25) is 0 Å². The standard InChI is InChI=1S/C12H16N6/c1-8-5-11(15-7-14-8)18-12(13)9-6-17(2)4-3-10(9)16-18/h5,7H,3-4,6,13H2,1-2H3. The molecule has 3 heterocycles. The van der Waals surface area contributed by atoms with Gasteiger partial charge in [0.1, 0.15) is 12.1 Å². The molecule has 0 aliphatic carbocycles. The van der Waals surface area contributed by atoms with Gasteiger partial charge in [-0.25, -0.2) is 9.97 Å². The van der Waals surface area contributed by atoms with Gasteiger partial charge in [0.25, 0.3) is 0 Å². The molecule has 2 N–H and O–H groups in total. The first-order chi connectivity index (χ1) is 8.65. The molecule has 2 aromatic heterocycles. The molecule has 0 atom stereocenters. The highest BCUT2D eigenvalue weighted by Gasteiger charge is 2.22. The van der Waals surface area contributed by atoms with Crippen LogP contribution in [-0.2, 0) is 13.0 Å². The van der Waals surface area contributed by atoms with Crippen LogP contribution in [-0.4, -0.2) is 38.2 Å². The van der Waals surface area contributed by atoms with Crippen LogP contribution in [0.15, 0.2) is 12.4 Å². The molecule has 2 aromatic rings. The van der Waals surface area contributed by atoms with Gasteiger partial charge in [0.05, 0.1) is 5.69 Å². The zero-order chi connectivity index (χ0) is 12.7. The number of nitrogen functional groups attached to an aromatic ring is 1. The minimum absolute atomic E-state index is 0.689. The zero-order valence-electron chi connectivity index (χ0n) is 10.6. The van der Waals surface area contributed by atoms with Gasteiger partial charge in [0.15, 0.2) is 5.82 Å². The second-order valence-corrected chi connectivity index (χ2v) is 4.73. The lowest BCUT2D eigenvalue weighted by Gasteiger charge is -2.21. The summed E-state index contributed by atoms with van der Waals surface area (Å²) in [6.07, 6.45) is 2.48. The lowest BCUT2D eigenvalue weighted by Crippen LogP contribution is -2.26. The Hall–Kier alpha value is -1.95. The van der Waals surface area contributed by atoms with Crippen LogP contribution in [0.4, 0.5) is 5.82 Å². The molecular weight excluding hydrogens is 228 g/mol. The fourth-order valence-electron chi connectivity index (χ4n) is 2.26. The Kier molecular flexibility index (Phi) is 2.52. The highest BCUT2D eigenvalue weighted by atomic mass is 15.4. The summed E-state index contributed by atoms with van der Waals surface area (Å²) in [6.45, 7) is 3.80. The van der Waals surface area contributed by atoms with Crippen molar-refractivity contribution in [2.75, 3.05) is 19.3 Å². The number of nitrogens with two attached hydrogens (primary N) is 1. The van der Waals surface area contributed by atoms with Crippen LogP contribution in [0, 0.1) is 6.92 Å². The quantitative estimate of drug-likeness (QED) is 0.792. The molecule has 1 aliphatic heterocycles. The predicted octanol–water partition coefficient (Wildman–Crippen LogP) is 0.541. The zero-order valence-corrected chi connectivity index (χ0v) is 10.6. The number of fused-ring (bicyclic) bond motifs is 1. The molecule has 0 radical (unpaired) electrons. The molecule has 0 amide bonds. The Morgan fingerprint density at radius 1 is 1.33 bits per heavy atom. The molecular formula is C12H16N6. The van der Waals surface area contributed by atoms with E-state index in [1.54, 1.807) is 4.68 Å². The predicted molar refractivity (Wildman–Crippen MR) is 68.3 cm³/mol. The topological polar surface area (TPSA) is 72.9 Å². The molecule has 0 unspecified atom stereocenters. The largest absolute Gasteiger partial charge is 0.383 e. The van der Waals surface area contributed by atoms with Crippen molar-refractivity contribution in [3.05, 3.63) is 29.3 Å². The number of hydrogen-bond donors (Lipinski definition) is 1. The minimum atomic E-state index is 0.689. The summed E-state index contributed by atoms with van der Waals surface area (Å²) in [7, 11) is 2.09. The Labute approximate surface area is 105 Å². The van der Waals surface area contributed by atoms with E-state index in [2.05, 4.69) is 27.0 Å². The van der Waals surface area contributed by atoms with Crippen LogP contribution in [0.1, 0.15) is 17.0 Å². The smallest absolute Gasteiger partial charge is 0.159 e. The number of aryl methyl sites for hydroxylation is 1. The van der Waals surface area contributed by atoms with Gasteiger partial charge in [-0.1, -0.05) is 0 Å². The average Bonchev–Trinajstić information content (AvgIpc) is 2.67. The maximum atomic E-state index is 6.18. The summed E-state index contributed by atoms with van der Waals surface area (Å²) in [6, 6.07) is 1.89. The summed E-state index contributed by atoms with van der Waals surface area (Å²) in [5.74, 6) is 1.42. The van der Waals surface area contributed by atoms with E-state index in [0.717, 1.165) is 42.3 Å². The average molecular weight is 244 g/mol. The van der Waals surface area contributed by atoms with Gasteiger partial charge >= 0.3 is 0 Å². The van der Waals surface area contributed by atoms with Crippen molar-refractivity contribution in [3.63, 3.8) is 0 Å². The van der Waals surface area contributed by atoms with E-state index in [-0.39, 0.29) is 0 Å². The summed E-state index contributed by atoms with van der Waals surface area (Å²) in [4.78, 5) is 10.6. The van der Waals surface area contributed by atoms with E-state index in [1.165, 1.54) is 6.33 Å². The molecule has 6 nitrogen and oxygen atoms in total. The molecule has 94 valence electrons. The minimum Gasteiger partial charge on any atom is -0.383 e. The fourth-order valence-corrected chi connectivity index (χ4v) is 2.26. The Balaban J connectivity index is 2.09. The SMILES string of the molecule is Cc1cc(-n2nc3c(c2N)CN(C)CC3)ncn1. The van der Waals surface area contributed by atoms with Crippen molar-refractivity contribution in [2.45, 2.75) is 19.9 Å². The number of likely N-dealkylation sites (N-methyl/N-ethyl adjacent to an activating group) is 1. The monoisotopic (exact) mass is 244 g/mol. The molecule has 0 spiro atoms. The molecule has 3 rings (SSSR count). The number of anilines is 1. The molecule has 6 heteroatoms.